The summed E-state index contributed by atoms with van der Waals surface area (Å²) in [7, 11) is 0. The Labute approximate surface area is 241 Å². The van der Waals surface area contributed by atoms with Gasteiger partial charge in [-0.05, 0) is 6.42 Å². The Morgan fingerprint density at radius 3 is 2.48 bits per heavy atom. The van der Waals surface area contributed by atoms with Gasteiger partial charge in [-0.25, -0.2) is 9.79 Å². The van der Waals surface area contributed by atoms with Gasteiger partial charge in [0, 0.05) is 30.5 Å². The van der Waals surface area contributed by atoms with Gasteiger partial charge in [-0.15, -0.1) is 0 Å². The molecule has 1 fully saturated rings. The second-order valence-corrected chi connectivity index (χ2v) is 10.4. The maximum Gasteiger partial charge on any atom is 0.414 e. The van der Waals surface area contributed by atoms with Crippen LogP contribution < -0.4 is 16.2 Å². The Hall–Kier alpha value is -4.53. The highest BCUT2D eigenvalue weighted by Gasteiger charge is 2.36. The van der Waals surface area contributed by atoms with Crippen molar-refractivity contribution in [3.63, 3.8) is 0 Å². The molecular weight excluding hydrogens is 554 g/mol. The SMILES string of the molecule is CC(=O)OCOC(=O)Nc1cc(=O)nc2c3c(n(C4OC(COC(=O)C(C)C)CC4C)cc13)N=CN2.CC(C)C(=O)O. The van der Waals surface area contributed by atoms with Crippen LogP contribution in [0.3, 0.4) is 0 Å². The molecule has 15 nitrogen and oxygen atoms in total. The maximum atomic E-state index is 12.4. The summed E-state index contributed by atoms with van der Waals surface area (Å²) in [6.07, 6.45) is 2.12. The van der Waals surface area contributed by atoms with Gasteiger partial charge in [0.2, 0.25) is 6.79 Å². The minimum Gasteiger partial charge on any atom is -0.481 e. The van der Waals surface area contributed by atoms with Crippen molar-refractivity contribution in [1.29, 1.82) is 0 Å². The fourth-order valence-corrected chi connectivity index (χ4v) is 4.06. The van der Waals surface area contributed by atoms with Crippen LogP contribution in [0.15, 0.2) is 22.1 Å². The number of aromatic nitrogens is 2. The number of aliphatic carboxylic acids is 1. The first-order chi connectivity index (χ1) is 19.8. The zero-order valence-electron chi connectivity index (χ0n) is 24.2. The van der Waals surface area contributed by atoms with E-state index in [0.717, 1.165) is 6.07 Å². The topological polar surface area (TPSA) is 197 Å². The molecule has 3 N–H and O–H groups in total. The third-order valence-electron chi connectivity index (χ3n) is 6.20. The highest BCUT2D eigenvalue weighted by Crippen LogP contribution is 2.44. The maximum absolute atomic E-state index is 12.4. The fourth-order valence-electron chi connectivity index (χ4n) is 4.06. The second kappa shape index (κ2) is 13.9. The molecule has 228 valence electrons. The number of esters is 2. The van der Waals surface area contributed by atoms with Gasteiger partial charge in [0.05, 0.1) is 35.4 Å². The van der Waals surface area contributed by atoms with E-state index in [1.807, 2.05) is 11.5 Å². The first-order valence-electron chi connectivity index (χ1n) is 13.3. The van der Waals surface area contributed by atoms with Crippen LogP contribution in [0, 0.1) is 17.8 Å². The highest BCUT2D eigenvalue weighted by atomic mass is 16.7. The lowest BCUT2D eigenvalue weighted by atomic mass is 10.1. The van der Waals surface area contributed by atoms with Gasteiger partial charge in [0.1, 0.15) is 24.5 Å². The van der Waals surface area contributed by atoms with Gasteiger partial charge in [-0.2, -0.15) is 4.98 Å². The van der Waals surface area contributed by atoms with Gasteiger partial charge in [-0.3, -0.25) is 24.5 Å². The predicted molar refractivity (Wildman–Crippen MR) is 150 cm³/mol. The van der Waals surface area contributed by atoms with E-state index < -0.39 is 36.6 Å². The summed E-state index contributed by atoms with van der Waals surface area (Å²) < 4.78 is 22.8. The van der Waals surface area contributed by atoms with Crippen molar-refractivity contribution in [3.8, 4) is 0 Å². The van der Waals surface area contributed by atoms with Crippen LogP contribution >= 0.6 is 0 Å². The minimum atomic E-state index is -0.926. The fraction of sp³-hybridized carbons (Fsp3) is 0.519. The zero-order valence-corrected chi connectivity index (χ0v) is 24.2. The van der Waals surface area contributed by atoms with Gasteiger partial charge < -0.3 is 33.9 Å². The smallest absolute Gasteiger partial charge is 0.414 e. The number of hydrogen-bond acceptors (Lipinski definition) is 12. The highest BCUT2D eigenvalue weighted by molar-refractivity contribution is 6.12. The molecule has 1 amide bonds. The molecule has 15 heteroatoms. The number of carbonyl (C=O) groups is 4. The third kappa shape index (κ3) is 8.02. The molecule has 0 saturated carbocycles. The number of carboxylic acids is 1. The Bertz CT molecular complexity index is 1430. The monoisotopic (exact) mass is 589 g/mol. The van der Waals surface area contributed by atoms with E-state index in [2.05, 4.69) is 25.3 Å². The standard InChI is InChI=1S/C23H27N5O8.C4H8O2/c1-11(2)22(31)33-8-14-5-12(3)21(36-14)28-7-15-16(26-23(32)35-10-34-13(4)29)6-17(30)27-19-18(15)20(28)25-9-24-19;1-3(2)4(5)6/h6-7,9,11-12,14,21H,5,8,10H2,1-4H3,(H,26,32)(H,24,25,27,30);3H,1-2H3,(H,5,6). The molecule has 1 saturated heterocycles. The van der Waals surface area contributed by atoms with Crippen LogP contribution in [0.1, 0.15) is 54.2 Å². The predicted octanol–water partition coefficient (Wildman–Crippen LogP) is 3.40. The molecule has 2 aliphatic heterocycles. The van der Waals surface area contributed by atoms with Crippen LogP contribution in [0.25, 0.3) is 10.8 Å². The molecule has 0 spiro atoms. The van der Waals surface area contributed by atoms with Crippen molar-refractivity contribution >= 4 is 58.4 Å². The van der Waals surface area contributed by atoms with Crippen molar-refractivity contribution in [3.05, 3.63) is 22.6 Å². The van der Waals surface area contributed by atoms with E-state index in [0.29, 0.717) is 23.0 Å². The zero-order chi connectivity index (χ0) is 31.1. The first kappa shape index (κ1) is 32.0. The molecule has 0 bridgehead atoms. The number of nitrogens with one attached hydrogen (secondary N) is 2. The Kier molecular flexibility index (Phi) is 10.6. The lowest BCUT2D eigenvalue weighted by Gasteiger charge is -2.20. The summed E-state index contributed by atoms with van der Waals surface area (Å²) in [5.74, 6) is -1.31. The number of aliphatic imine (C=N–C) groups is 1. The number of rotatable bonds is 8. The molecule has 4 heterocycles. The van der Waals surface area contributed by atoms with E-state index in [-0.39, 0.29) is 47.9 Å². The van der Waals surface area contributed by atoms with E-state index in [1.165, 1.54) is 13.3 Å². The number of carboxylic acid groups (broad SMARTS) is 1. The van der Waals surface area contributed by atoms with Crippen molar-refractivity contribution in [2.75, 3.05) is 24.0 Å². The summed E-state index contributed by atoms with van der Waals surface area (Å²) in [5, 5.41) is 14.3. The molecule has 0 aromatic carbocycles. The Morgan fingerprint density at radius 2 is 1.86 bits per heavy atom. The average molecular weight is 590 g/mol. The van der Waals surface area contributed by atoms with Gasteiger partial charge >= 0.3 is 24.0 Å². The Balaban J connectivity index is 0.000000730. The normalized spacial score (nSPS) is 18.6. The first-order valence-corrected chi connectivity index (χ1v) is 13.3. The Morgan fingerprint density at radius 1 is 1.17 bits per heavy atom. The quantitative estimate of drug-likeness (QED) is 0.300. The lowest BCUT2D eigenvalue weighted by molar-refractivity contribution is -0.152. The third-order valence-corrected chi connectivity index (χ3v) is 6.20. The molecular formula is C27H35N5O10. The average Bonchev–Trinajstić information content (AvgIpc) is 3.43. The number of ether oxygens (including phenoxy) is 4. The van der Waals surface area contributed by atoms with Crippen molar-refractivity contribution < 1.29 is 43.2 Å². The van der Waals surface area contributed by atoms with Crippen LogP contribution in [0.2, 0.25) is 0 Å². The second-order valence-electron chi connectivity index (χ2n) is 10.4. The van der Waals surface area contributed by atoms with E-state index in [9.17, 15) is 24.0 Å². The molecule has 2 aliphatic rings. The molecule has 2 aromatic rings. The molecule has 4 rings (SSSR count). The van der Waals surface area contributed by atoms with Crippen LogP contribution in [0.5, 0.6) is 0 Å². The van der Waals surface area contributed by atoms with E-state index in [1.54, 1.807) is 33.9 Å². The molecule has 42 heavy (non-hydrogen) atoms. The van der Waals surface area contributed by atoms with Crippen LogP contribution in [0.4, 0.5) is 22.1 Å². The number of carbonyl (C=O) groups excluding carboxylic acids is 3. The van der Waals surface area contributed by atoms with E-state index in [4.69, 9.17) is 19.3 Å². The lowest BCUT2D eigenvalue weighted by Crippen LogP contribution is -2.21. The summed E-state index contributed by atoms with van der Waals surface area (Å²) >= 11 is 0. The van der Waals surface area contributed by atoms with E-state index >= 15 is 0 Å². The molecule has 0 radical (unpaired) electrons. The molecule has 0 aliphatic carbocycles. The minimum absolute atomic E-state index is 0.0428. The molecule has 3 unspecified atom stereocenters. The summed E-state index contributed by atoms with van der Waals surface area (Å²) in [4.78, 5) is 65.6. The number of anilines is 2. The van der Waals surface area contributed by atoms with Gasteiger partial charge in [-0.1, -0.05) is 34.6 Å². The summed E-state index contributed by atoms with van der Waals surface area (Å²) in [5.41, 5.74) is -0.470. The van der Waals surface area contributed by atoms with Gasteiger partial charge in [0.15, 0.2) is 0 Å². The van der Waals surface area contributed by atoms with Crippen molar-refractivity contribution in [2.24, 2.45) is 22.7 Å². The number of hydrogen-bond donors (Lipinski definition) is 3. The molecule has 2 aromatic heterocycles. The number of amides is 1. The van der Waals surface area contributed by atoms with Crippen molar-refractivity contribution in [1.82, 2.24) is 9.55 Å². The largest absolute Gasteiger partial charge is 0.481 e. The van der Waals surface area contributed by atoms with Crippen LogP contribution in [-0.2, 0) is 33.3 Å². The summed E-state index contributed by atoms with van der Waals surface area (Å²) in [6, 6.07) is 1.16. The van der Waals surface area contributed by atoms with Crippen molar-refractivity contribution in [2.45, 2.75) is 60.3 Å². The van der Waals surface area contributed by atoms with Gasteiger partial charge in [0.25, 0.3) is 5.56 Å². The van der Waals surface area contributed by atoms with Crippen LogP contribution in [-0.4, -0.2) is 64.5 Å². The number of nitrogens with zero attached hydrogens (tertiary/aromatic N) is 3. The summed E-state index contributed by atoms with van der Waals surface area (Å²) in [6.45, 7) is 9.57. The molecule has 3 atom stereocenters.